The molecular formula is C15H29IN4O2. The first-order chi connectivity index (χ1) is 9.97. The van der Waals surface area contributed by atoms with Gasteiger partial charge in [-0.05, 0) is 13.8 Å². The van der Waals surface area contributed by atoms with Gasteiger partial charge in [0.05, 0.1) is 12.8 Å². The number of guanidine groups is 1. The van der Waals surface area contributed by atoms with Crippen molar-refractivity contribution in [2.75, 3.05) is 26.3 Å². The molecule has 2 N–H and O–H groups in total. The van der Waals surface area contributed by atoms with E-state index in [1.165, 1.54) is 0 Å². The van der Waals surface area contributed by atoms with E-state index in [0.717, 1.165) is 31.4 Å². The zero-order chi connectivity index (χ0) is 15.7. The maximum atomic E-state index is 5.72. The average molecular weight is 424 g/mol. The van der Waals surface area contributed by atoms with Gasteiger partial charge in [-0.25, -0.2) is 9.98 Å². The third-order valence-electron chi connectivity index (χ3n) is 2.75. The Labute approximate surface area is 150 Å². The third kappa shape index (κ3) is 7.98. The highest BCUT2D eigenvalue weighted by Crippen LogP contribution is 2.22. The molecule has 0 atom stereocenters. The van der Waals surface area contributed by atoms with Crippen LogP contribution in [0.4, 0.5) is 0 Å². The Balaban J connectivity index is 0.00000441. The molecule has 0 amide bonds. The lowest BCUT2D eigenvalue weighted by molar-refractivity contribution is 0.152. The van der Waals surface area contributed by atoms with Gasteiger partial charge < -0.3 is 19.8 Å². The normalized spacial score (nSPS) is 12.0. The summed E-state index contributed by atoms with van der Waals surface area (Å²) in [4.78, 5) is 8.73. The molecule has 0 bridgehead atoms. The number of ether oxygens (including phenoxy) is 1. The molecule has 0 spiro atoms. The molecule has 0 radical (unpaired) electrons. The number of hydrogen-bond donors (Lipinski definition) is 2. The Morgan fingerprint density at radius 1 is 1.32 bits per heavy atom. The van der Waals surface area contributed by atoms with E-state index >= 15 is 0 Å². The van der Waals surface area contributed by atoms with Crippen molar-refractivity contribution in [2.45, 2.75) is 46.6 Å². The van der Waals surface area contributed by atoms with Crippen LogP contribution in [0, 0.1) is 0 Å². The van der Waals surface area contributed by atoms with Gasteiger partial charge in [0, 0.05) is 25.1 Å². The molecule has 0 saturated heterocycles. The first kappa shape index (κ1) is 21.2. The fraction of sp³-hybridized carbons (Fsp3) is 0.733. The highest BCUT2D eigenvalue weighted by Gasteiger charge is 2.18. The van der Waals surface area contributed by atoms with Gasteiger partial charge in [-0.2, -0.15) is 0 Å². The lowest BCUT2D eigenvalue weighted by Gasteiger charge is -2.13. The zero-order valence-electron chi connectivity index (χ0n) is 14.2. The first-order valence-electron chi connectivity index (χ1n) is 7.52. The molecule has 0 fully saturated rings. The summed E-state index contributed by atoms with van der Waals surface area (Å²) in [6.45, 7) is 13.6. The summed E-state index contributed by atoms with van der Waals surface area (Å²) >= 11 is 0. The number of aliphatic imine (C=N–C) groups is 1. The van der Waals surface area contributed by atoms with E-state index in [1.54, 1.807) is 6.20 Å². The van der Waals surface area contributed by atoms with Gasteiger partial charge in [0.15, 0.2) is 5.96 Å². The van der Waals surface area contributed by atoms with Crippen molar-refractivity contribution < 1.29 is 9.15 Å². The largest absolute Gasteiger partial charge is 0.443 e. The second-order valence-electron chi connectivity index (χ2n) is 5.69. The second kappa shape index (κ2) is 10.8. The molecule has 0 unspecified atom stereocenters. The van der Waals surface area contributed by atoms with Crippen LogP contribution >= 0.6 is 24.0 Å². The number of oxazole rings is 1. The number of rotatable bonds is 7. The predicted molar refractivity (Wildman–Crippen MR) is 99.9 cm³/mol. The summed E-state index contributed by atoms with van der Waals surface area (Å²) < 4.78 is 11.0. The Morgan fingerprint density at radius 3 is 2.59 bits per heavy atom. The van der Waals surface area contributed by atoms with E-state index in [9.17, 15) is 0 Å². The fourth-order valence-corrected chi connectivity index (χ4v) is 1.60. The number of hydrogen-bond acceptors (Lipinski definition) is 4. The lowest BCUT2D eigenvalue weighted by atomic mass is 9.94. The van der Waals surface area contributed by atoms with Crippen LogP contribution in [-0.2, 0) is 16.7 Å². The lowest BCUT2D eigenvalue weighted by Crippen LogP contribution is -2.39. The van der Waals surface area contributed by atoms with E-state index in [-0.39, 0.29) is 29.4 Å². The van der Waals surface area contributed by atoms with Crippen LogP contribution in [0.25, 0.3) is 0 Å². The predicted octanol–water partition coefficient (Wildman–Crippen LogP) is 2.68. The molecule has 0 aliphatic heterocycles. The van der Waals surface area contributed by atoms with Crippen molar-refractivity contribution in [3.05, 3.63) is 17.8 Å². The van der Waals surface area contributed by atoms with Crippen LogP contribution in [-0.4, -0.2) is 37.2 Å². The number of nitrogens with zero attached hydrogens (tertiary/aromatic N) is 2. The van der Waals surface area contributed by atoms with Crippen LogP contribution < -0.4 is 10.6 Å². The molecule has 1 aromatic rings. The van der Waals surface area contributed by atoms with Crippen LogP contribution in [0.2, 0.25) is 0 Å². The summed E-state index contributed by atoms with van der Waals surface area (Å²) in [7, 11) is 0. The minimum atomic E-state index is -0.0325. The third-order valence-corrected chi connectivity index (χ3v) is 2.75. The van der Waals surface area contributed by atoms with E-state index in [2.05, 4.69) is 41.4 Å². The van der Waals surface area contributed by atoms with Crippen LogP contribution in [0.15, 0.2) is 15.6 Å². The van der Waals surface area contributed by atoms with Crippen molar-refractivity contribution in [1.29, 1.82) is 0 Å². The highest BCUT2D eigenvalue weighted by molar-refractivity contribution is 14.0. The second-order valence-corrected chi connectivity index (χ2v) is 5.69. The summed E-state index contributed by atoms with van der Waals surface area (Å²) in [5, 5.41) is 6.39. The van der Waals surface area contributed by atoms with E-state index in [4.69, 9.17) is 9.15 Å². The molecule has 0 saturated carbocycles. The summed E-state index contributed by atoms with van der Waals surface area (Å²) in [6, 6.07) is 0. The van der Waals surface area contributed by atoms with Crippen molar-refractivity contribution in [3.8, 4) is 0 Å². The molecule has 7 heteroatoms. The van der Waals surface area contributed by atoms with Crippen LogP contribution in [0.1, 0.15) is 46.3 Å². The number of aromatic nitrogens is 1. The van der Waals surface area contributed by atoms with Gasteiger partial charge in [-0.3, -0.25) is 0 Å². The van der Waals surface area contributed by atoms with E-state index in [1.807, 2.05) is 13.8 Å². The molecule has 1 heterocycles. The molecule has 1 rings (SSSR count). The number of nitrogens with one attached hydrogen (secondary N) is 2. The van der Waals surface area contributed by atoms with Gasteiger partial charge in [-0.1, -0.05) is 20.8 Å². The van der Waals surface area contributed by atoms with E-state index < -0.39 is 0 Å². The molecule has 0 aliphatic carbocycles. The molecule has 6 nitrogen and oxygen atoms in total. The highest BCUT2D eigenvalue weighted by atomic mass is 127. The fourth-order valence-electron chi connectivity index (χ4n) is 1.60. The monoisotopic (exact) mass is 424 g/mol. The number of halogens is 1. The summed E-state index contributed by atoms with van der Waals surface area (Å²) in [6.07, 6.45) is 1.78. The quantitative estimate of drug-likeness (QED) is 0.305. The molecule has 128 valence electrons. The Morgan fingerprint density at radius 2 is 2.05 bits per heavy atom. The summed E-state index contributed by atoms with van der Waals surface area (Å²) in [5.41, 5.74) is -0.0325. The molecule has 0 aromatic carbocycles. The molecule has 0 aliphatic rings. The standard InChI is InChI=1S/C15H28N4O2.HI/c1-6-16-14(17-8-9-20-7-2)19-11-13-18-10-12(21-13)15(3,4)5;/h10H,6-9,11H2,1-5H3,(H2,16,17,19);1H. The SMILES string of the molecule is CCNC(=NCc1ncc(C(C)(C)C)o1)NCCOCC.I. The van der Waals surface area contributed by atoms with Gasteiger partial charge >= 0.3 is 0 Å². The van der Waals surface area contributed by atoms with Gasteiger partial charge in [0.2, 0.25) is 5.89 Å². The Bertz CT molecular complexity index is 441. The van der Waals surface area contributed by atoms with Crippen molar-refractivity contribution in [3.63, 3.8) is 0 Å². The van der Waals surface area contributed by atoms with Crippen molar-refractivity contribution in [1.82, 2.24) is 15.6 Å². The van der Waals surface area contributed by atoms with Crippen LogP contribution in [0.5, 0.6) is 0 Å². The molecular weight excluding hydrogens is 395 g/mol. The average Bonchev–Trinajstić information content (AvgIpc) is 2.89. The maximum Gasteiger partial charge on any atom is 0.216 e. The maximum absolute atomic E-state index is 5.72. The smallest absolute Gasteiger partial charge is 0.216 e. The Hall–Kier alpha value is -0.830. The molecule has 1 aromatic heterocycles. The van der Waals surface area contributed by atoms with Gasteiger partial charge in [-0.15, -0.1) is 24.0 Å². The zero-order valence-corrected chi connectivity index (χ0v) is 16.6. The van der Waals surface area contributed by atoms with E-state index in [0.29, 0.717) is 19.0 Å². The van der Waals surface area contributed by atoms with Crippen LogP contribution in [0.3, 0.4) is 0 Å². The Kier molecular flexibility index (Phi) is 10.4. The van der Waals surface area contributed by atoms with Gasteiger partial charge in [0.1, 0.15) is 12.3 Å². The minimum absolute atomic E-state index is 0. The summed E-state index contributed by atoms with van der Waals surface area (Å²) in [5.74, 6) is 2.25. The van der Waals surface area contributed by atoms with Crippen molar-refractivity contribution >= 4 is 29.9 Å². The minimum Gasteiger partial charge on any atom is -0.443 e. The first-order valence-corrected chi connectivity index (χ1v) is 7.52. The van der Waals surface area contributed by atoms with Crippen molar-refractivity contribution in [2.24, 2.45) is 4.99 Å². The topological polar surface area (TPSA) is 71.7 Å². The van der Waals surface area contributed by atoms with Gasteiger partial charge in [0.25, 0.3) is 0 Å². The molecule has 22 heavy (non-hydrogen) atoms.